The summed E-state index contributed by atoms with van der Waals surface area (Å²) < 4.78 is 18.3. The summed E-state index contributed by atoms with van der Waals surface area (Å²) in [7, 11) is 1.66. The predicted molar refractivity (Wildman–Crippen MR) is 87.8 cm³/mol. The number of halogens is 3. The van der Waals surface area contributed by atoms with Gasteiger partial charge in [0.05, 0.1) is 11.6 Å². The van der Waals surface area contributed by atoms with Crippen molar-refractivity contribution < 1.29 is 9.13 Å². The highest BCUT2D eigenvalue weighted by molar-refractivity contribution is 6.31. The highest BCUT2D eigenvalue weighted by Gasteiger charge is 2.10. The minimum Gasteiger partial charge on any atom is -0.384 e. The molecule has 5 heteroatoms. The molecule has 2 rings (SSSR count). The van der Waals surface area contributed by atoms with Crippen LogP contribution in [0, 0.1) is 5.82 Å². The molecule has 0 saturated carbocycles. The number of benzene rings is 2. The SMILES string of the molecule is COC[C@@H](CN)c1ccc(-c2ccc(F)c(Cl)c2)cc1.Cl. The Bertz CT molecular complexity index is 575. The number of methoxy groups -OCH3 is 1. The second-order valence-electron chi connectivity index (χ2n) is 4.64. The van der Waals surface area contributed by atoms with Gasteiger partial charge in [-0.2, -0.15) is 0 Å². The number of rotatable bonds is 5. The van der Waals surface area contributed by atoms with Gasteiger partial charge in [0.25, 0.3) is 0 Å². The molecule has 2 N–H and O–H groups in total. The zero-order valence-electron chi connectivity index (χ0n) is 11.7. The first kappa shape index (κ1) is 17.9. The van der Waals surface area contributed by atoms with Crippen LogP contribution in [0.3, 0.4) is 0 Å². The van der Waals surface area contributed by atoms with E-state index < -0.39 is 5.82 Å². The van der Waals surface area contributed by atoms with Crippen molar-refractivity contribution in [1.82, 2.24) is 0 Å². The third kappa shape index (κ3) is 4.42. The van der Waals surface area contributed by atoms with Crippen LogP contribution >= 0.6 is 24.0 Å². The van der Waals surface area contributed by atoms with Crippen molar-refractivity contribution >= 4 is 24.0 Å². The molecule has 0 saturated heterocycles. The summed E-state index contributed by atoms with van der Waals surface area (Å²) in [6.45, 7) is 1.13. The zero-order valence-corrected chi connectivity index (χ0v) is 13.3. The summed E-state index contributed by atoms with van der Waals surface area (Å²) in [6.07, 6.45) is 0. The fraction of sp³-hybridized carbons (Fsp3) is 0.250. The maximum Gasteiger partial charge on any atom is 0.141 e. The van der Waals surface area contributed by atoms with Crippen LogP contribution in [-0.4, -0.2) is 20.3 Å². The fourth-order valence-corrected chi connectivity index (χ4v) is 2.31. The highest BCUT2D eigenvalue weighted by Crippen LogP contribution is 2.26. The number of nitrogens with two attached hydrogens (primary N) is 1. The molecular formula is C16H18Cl2FNO. The summed E-state index contributed by atoms with van der Waals surface area (Å²) in [5, 5.41) is 0.130. The molecule has 0 heterocycles. The van der Waals surface area contributed by atoms with Crippen LogP contribution in [0.4, 0.5) is 4.39 Å². The van der Waals surface area contributed by atoms with Crippen LogP contribution in [0.5, 0.6) is 0 Å². The lowest BCUT2D eigenvalue weighted by Crippen LogP contribution is -2.17. The van der Waals surface area contributed by atoms with Crippen molar-refractivity contribution in [2.75, 3.05) is 20.3 Å². The van der Waals surface area contributed by atoms with Gasteiger partial charge in [-0.15, -0.1) is 12.4 Å². The number of hydrogen-bond acceptors (Lipinski definition) is 2. The minimum absolute atomic E-state index is 0. The molecular weight excluding hydrogens is 312 g/mol. The standard InChI is InChI=1S/C16H17ClFNO.ClH/c1-20-10-14(9-19)12-4-2-11(3-5-12)13-6-7-16(18)15(17)8-13;/h2-8,14H,9-10,19H2,1H3;1H/t14-;/m1./s1. The van der Waals surface area contributed by atoms with Crippen LogP contribution in [0.15, 0.2) is 42.5 Å². The Morgan fingerprint density at radius 3 is 2.29 bits per heavy atom. The van der Waals surface area contributed by atoms with Crippen molar-refractivity contribution in [3.63, 3.8) is 0 Å². The van der Waals surface area contributed by atoms with Crippen LogP contribution in [-0.2, 0) is 4.74 Å². The molecule has 0 spiro atoms. The Balaban J connectivity index is 0.00000220. The molecule has 2 aromatic rings. The Hall–Kier alpha value is -1.13. The van der Waals surface area contributed by atoms with Gasteiger partial charge in [0.1, 0.15) is 5.82 Å². The topological polar surface area (TPSA) is 35.2 Å². The predicted octanol–water partition coefficient (Wildman–Crippen LogP) is 4.26. The van der Waals surface area contributed by atoms with E-state index in [2.05, 4.69) is 0 Å². The largest absolute Gasteiger partial charge is 0.384 e. The monoisotopic (exact) mass is 329 g/mol. The first-order valence-electron chi connectivity index (χ1n) is 6.40. The van der Waals surface area contributed by atoms with Gasteiger partial charge >= 0.3 is 0 Å². The van der Waals surface area contributed by atoms with Crippen molar-refractivity contribution in [3.8, 4) is 11.1 Å². The molecule has 21 heavy (non-hydrogen) atoms. The second kappa shape index (κ2) is 8.35. The lowest BCUT2D eigenvalue weighted by atomic mass is 9.97. The van der Waals surface area contributed by atoms with Gasteiger partial charge in [-0.25, -0.2) is 4.39 Å². The van der Waals surface area contributed by atoms with Crippen LogP contribution in [0.25, 0.3) is 11.1 Å². The van der Waals surface area contributed by atoms with Gasteiger partial charge < -0.3 is 10.5 Å². The smallest absolute Gasteiger partial charge is 0.141 e. The molecule has 0 aliphatic rings. The van der Waals surface area contributed by atoms with E-state index in [9.17, 15) is 4.39 Å². The third-order valence-corrected chi connectivity index (χ3v) is 3.58. The molecule has 2 nitrogen and oxygen atoms in total. The quantitative estimate of drug-likeness (QED) is 0.889. The minimum atomic E-state index is -0.407. The van der Waals surface area contributed by atoms with E-state index in [4.69, 9.17) is 22.1 Å². The normalized spacial score (nSPS) is 11.8. The fourth-order valence-electron chi connectivity index (χ4n) is 2.12. The molecule has 0 amide bonds. The average Bonchev–Trinajstić information content (AvgIpc) is 2.48. The molecule has 0 bridgehead atoms. The van der Waals surface area contributed by atoms with Gasteiger partial charge in [0, 0.05) is 19.6 Å². The van der Waals surface area contributed by atoms with E-state index in [-0.39, 0.29) is 23.3 Å². The van der Waals surface area contributed by atoms with Gasteiger partial charge in [0.15, 0.2) is 0 Å². The molecule has 1 atom stereocenters. The second-order valence-corrected chi connectivity index (χ2v) is 5.05. The average molecular weight is 330 g/mol. The Morgan fingerprint density at radius 2 is 1.76 bits per heavy atom. The van der Waals surface area contributed by atoms with Gasteiger partial charge in [-0.3, -0.25) is 0 Å². The molecule has 0 unspecified atom stereocenters. The van der Waals surface area contributed by atoms with E-state index in [1.807, 2.05) is 24.3 Å². The summed E-state index contributed by atoms with van der Waals surface area (Å²) in [4.78, 5) is 0. The van der Waals surface area contributed by atoms with Crippen molar-refractivity contribution in [2.45, 2.75) is 5.92 Å². The van der Waals surface area contributed by atoms with Crippen molar-refractivity contribution in [1.29, 1.82) is 0 Å². The maximum absolute atomic E-state index is 13.2. The lowest BCUT2D eigenvalue weighted by Gasteiger charge is -2.14. The first-order valence-corrected chi connectivity index (χ1v) is 6.78. The molecule has 0 fully saturated rings. The van der Waals surface area contributed by atoms with Crippen molar-refractivity contribution in [3.05, 3.63) is 58.9 Å². The van der Waals surface area contributed by atoms with Crippen LogP contribution < -0.4 is 5.73 Å². The molecule has 0 radical (unpaired) electrons. The Kier molecular flexibility index (Phi) is 7.12. The Labute approximate surface area is 135 Å². The van der Waals surface area contributed by atoms with Crippen molar-refractivity contribution in [2.24, 2.45) is 5.73 Å². The highest BCUT2D eigenvalue weighted by atomic mass is 35.5. The van der Waals surface area contributed by atoms with Gasteiger partial charge in [-0.05, 0) is 28.8 Å². The van der Waals surface area contributed by atoms with Gasteiger partial charge in [0.2, 0.25) is 0 Å². The molecule has 2 aromatic carbocycles. The molecule has 114 valence electrons. The van der Waals surface area contributed by atoms with Gasteiger partial charge in [-0.1, -0.05) is 41.9 Å². The zero-order chi connectivity index (χ0) is 14.5. The van der Waals surface area contributed by atoms with E-state index in [1.54, 1.807) is 19.2 Å². The molecule has 0 aliphatic carbocycles. The molecule has 0 aromatic heterocycles. The summed E-state index contributed by atoms with van der Waals surface area (Å²) in [5.74, 6) is -0.221. The molecule has 0 aliphatic heterocycles. The first-order chi connectivity index (χ1) is 9.65. The lowest BCUT2D eigenvalue weighted by molar-refractivity contribution is 0.181. The third-order valence-electron chi connectivity index (χ3n) is 3.29. The van der Waals surface area contributed by atoms with E-state index in [0.29, 0.717) is 13.2 Å². The number of hydrogen-bond donors (Lipinski definition) is 1. The summed E-state index contributed by atoms with van der Waals surface area (Å²) >= 11 is 5.80. The van der Waals surface area contributed by atoms with E-state index >= 15 is 0 Å². The number of ether oxygens (including phenoxy) is 1. The maximum atomic E-state index is 13.2. The van der Waals surface area contributed by atoms with E-state index in [1.165, 1.54) is 6.07 Å². The summed E-state index contributed by atoms with van der Waals surface area (Å²) in [5.41, 5.74) is 8.75. The van der Waals surface area contributed by atoms with Crippen LogP contribution in [0.1, 0.15) is 11.5 Å². The van der Waals surface area contributed by atoms with Crippen LogP contribution in [0.2, 0.25) is 5.02 Å². The van der Waals surface area contributed by atoms with E-state index in [0.717, 1.165) is 16.7 Å². The Morgan fingerprint density at radius 1 is 1.14 bits per heavy atom. The summed E-state index contributed by atoms with van der Waals surface area (Å²) in [6, 6.07) is 12.7.